The number of carbonyl (C=O) groups is 2. The van der Waals surface area contributed by atoms with E-state index < -0.39 is 52.0 Å². The molecule has 1 aromatic carbocycles. The molecule has 0 saturated carbocycles. The highest BCUT2D eigenvalue weighted by atomic mass is 32.2. The van der Waals surface area contributed by atoms with Crippen molar-refractivity contribution in [3.05, 3.63) is 29.8 Å². The van der Waals surface area contributed by atoms with Gasteiger partial charge < -0.3 is 24.3 Å². The van der Waals surface area contributed by atoms with Crippen LogP contribution in [0.3, 0.4) is 0 Å². The molecule has 1 aromatic rings. The highest BCUT2D eigenvalue weighted by molar-refractivity contribution is 7.86. The number of nitrogens with one attached hydrogen (secondary N) is 1. The molecule has 0 spiro atoms. The third kappa shape index (κ3) is 3.85. The largest absolute Gasteiger partial charge is 0.467 e. The van der Waals surface area contributed by atoms with E-state index in [0.29, 0.717) is 0 Å². The summed E-state index contributed by atoms with van der Waals surface area (Å²) in [6.07, 6.45) is -4.31. The summed E-state index contributed by atoms with van der Waals surface area (Å²) in [7, 11) is -3.07. The second kappa shape index (κ2) is 7.52. The molecule has 31 heavy (non-hydrogen) atoms. The lowest BCUT2D eigenvalue weighted by Gasteiger charge is -2.36. The summed E-state index contributed by atoms with van der Waals surface area (Å²) in [5.41, 5.74) is -0.741. The molecule has 0 bridgehead atoms. The predicted octanol–water partition coefficient (Wildman–Crippen LogP) is 0.767. The van der Waals surface area contributed by atoms with Gasteiger partial charge in [-0.15, -0.1) is 0 Å². The Kier molecular flexibility index (Phi) is 5.38. The van der Waals surface area contributed by atoms with E-state index in [1.165, 1.54) is 19.2 Å². The number of hydrogen-bond donors (Lipinski definition) is 1. The first-order valence-corrected chi connectivity index (χ1v) is 11.3. The lowest BCUT2D eigenvalue weighted by atomic mass is 9.86. The maximum atomic E-state index is 13.0. The van der Waals surface area contributed by atoms with Gasteiger partial charge >= 0.3 is 5.97 Å². The minimum atomic E-state index is -4.25. The van der Waals surface area contributed by atoms with Crippen LogP contribution in [0.25, 0.3) is 0 Å². The lowest BCUT2D eigenvalue weighted by molar-refractivity contribution is -0.223. The molecule has 0 unspecified atom stereocenters. The fourth-order valence-corrected chi connectivity index (χ4v) is 5.32. The Balaban J connectivity index is 1.72. The number of aryl methyl sites for hydroxylation is 1. The van der Waals surface area contributed by atoms with Crippen LogP contribution in [0, 0.1) is 6.92 Å². The second-order valence-corrected chi connectivity index (χ2v) is 9.94. The maximum Gasteiger partial charge on any atom is 0.334 e. The molecule has 10 nitrogen and oxygen atoms in total. The van der Waals surface area contributed by atoms with Crippen molar-refractivity contribution in [2.24, 2.45) is 0 Å². The van der Waals surface area contributed by atoms with Gasteiger partial charge in [0.15, 0.2) is 17.6 Å². The Hall–Kier alpha value is -2.05. The fourth-order valence-electron chi connectivity index (χ4n) is 4.24. The quantitative estimate of drug-likeness (QED) is 0.506. The van der Waals surface area contributed by atoms with Crippen LogP contribution in [0.4, 0.5) is 0 Å². The number of hydrogen-bond acceptors (Lipinski definition) is 9. The van der Waals surface area contributed by atoms with E-state index >= 15 is 0 Å². The minimum Gasteiger partial charge on any atom is -0.467 e. The van der Waals surface area contributed by atoms with Crippen LogP contribution in [0.5, 0.6) is 0 Å². The second-order valence-electron chi connectivity index (χ2n) is 8.36. The Morgan fingerprint density at radius 2 is 1.87 bits per heavy atom. The van der Waals surface area contributed by atoms with E-state index in [1.807, 2.05) is 6.92 Å². The molecular formula is C20H25NO9S. The van der Waals surface area contributed by atoms with Crippen LogP contribution in [0.1, 0.15) is 32.3 Å². The zero-order valence-electron chi connectivity index (χ0n) is 17.6. The highest BCUT2D eigenvalue weighted by Gasteiger charge is 2.66. The monoisotopic (exact) mass is 455 g/mol. The number of rotatable bonds is 5. The Morgan fingerprint density at radius 3 is 2.45 bits per heavy atom. The molecule has 3 fully saturated rings. The molecule has 0 aliphatic carbocycles. The zero-order valence-corrected chi connectivity index (χ0v) is 18.4. The maximum absolute atomic E-state index is 13.0. The number of benzene rings is 1. The normalized spacial score (nSPS) is 34.4. The van der Waals surface area contributed by atoms with Crippen molar-refractivity contribution >= 4 is 22.0 Å². The van der Waals surface area contributed by atoms with Crippen LogP contribution >= 0.6 is 0 Å². The van der Waals surface area contributed by atoms with Crippen molar-refractivity contribution in [3.63, 3.8) is 0 Å². The van der Waals surface area contributed by atoms with Gasteiger partial charge in [0, 0.05) is 6.42 Å². The van der Waals surface area contributed by atoms with E-state index in [1.54, 1.807) is 26.0 Å². The third-order valence-electron chi connectivity index (χ3n) is 5.68. The summed E-state index contributed by atoms with van der Waals surface area (Å²) in [5, 5.41) is 2.61. The summed E-state index contributed by atoms with van der Waals surface area (Å²) in [6.45, 7) is 5.14. The van der Waals surface area contributed by atoms with Crippen molar-refractivity contribution in [3.8, 4) is 0 Å². The summed E-state index contributed by atoms with van der Waals surface area (Å²) in [5.74, 6) is -2.19. The molecule has 5 atom stereocenters. The van der Waals surface area contributed by atoms with Crippen LogP contribution in [-0.2, 0) is 42.8 Å². The van der Waals surface area contributed by atoms with Crippen molar-refractivity contribution in [2.45, 2.75) is 74.4 Å². The number of carbonyl (C=O) groups excluding carboxylic acids is 2. The molecule has 0 radical (unpaired) electrons. The number of fused-ring (bicyclic) bond motifs is 1. The first-order chi connectivity index (χ1) is 14.5. The van der Waals surface area contributed by atoms with Crippen molar-refractivity contribution in [1.29, 1.82) is 0 Å². The van der Waals surface area contributed by atoms with Gasteiger partial charge in [-0.1, -0.05) is 17.7 Å². The van der Waals surface area contributed by atoms with Crippen molar-refractivity contribution < 1.29 is 41.1 Å². The van der Waals surface area contributed by atoms with Gasteiger partial charge in [0.05, 0.1) is 12.0 Å². The van der Waals surface area contributed by atoms with Gasteiger partial charge in [-0.2, -0.15) is 8.42 Å². The number of amides is 1. The summed E-state index contributed by atoms with van der Waals surface area (Å²) < 4.78 is 54.1. The summed E-state index contributed by atoms with van der Waals surface area (Å²) in [6, 6.07) is 6.15. The molecule has 4 rings (SSSR count). The highest BCUT2D eigenvalue weighted by Crippen LogP contribution is 2.45. The SMILES string of the molecule is COC(=O)[C@]1([C@H]2O[C@@H]3OC(C)(C)O[C@@H]3[C@H]2OS(=O)(=O)c2ccc(C)cc2)CCC(=O)N1. The average molecular weight is 455 g/mol. The summed E-state index contributed by atoms with van der Waals surface area (Å²) in [4.78, 5) is 24.7. The average Bonchev–Trinajstić information content (AvgIpc) is 3.33. The molecule has 0 aromatic heterocycles. The molecule has 3 aliphatic heterocycles. The fraction of sp³-hybridized carbons (Fsp3) is 0.600. The molecule has 1 N–H and O–H groups in total. The van der Waals surface area contributed by atoms with Gasteiger partial charge in [-0.05, 0) is 39.3 Å². The predicted molar refractivity (Wildman–Crippen MR) is 104 cm³/mol. The number of ether oxygens (including phenoxy) is 4. The Labute approximate surface area is 180 Å². The van der Waals surface area contributed by atoms with Crippen LogP contribution in [0.2, 0.25) is 0 Å². The molecule has 1 amide bonds. The molecule has 11 heteroatoms. The van der Waals surface area contributed by atoms with Crippen LogP contribution in [0.15, 0.2) is 29.2 Å². The molecular weight excluding hydrogens is 430 g/mol. The standard InChI is InChI=1S/C20H25NO9S/c1-11-5-7-12(8-6-11)31(24,25)30-14-15-17(29-19(2,3)28-15)27-16(14)20(18(23)26-4)10-9-13(22)21-20/h5-8,14-17H,9-10H2,1-4H3,(H,21,22)/t14-,15-,16+,17-,20-/m1/s1. The van der Waals surface area contributed by atoms with E-state index in [0.717, 1.165) is 5.56 Å². The van der Waals surface area contributed by atoms with Gasteiger partial charge in [0.25, 0.3) is 10.1 Å². The molecule has 3 saturated heterocycles. The van der Waals surface area contributed by atoms with Crippen molar-refractivity contribution in [1.82, 2.24) is 5.32 Å². The van der Waals surface area contributed by atoms with Gasteiger partial charge in [0.1, 0.15) is 18.3 Å². The first kappa shape index (κ1) is 22.2. The zero-order chi connectivity index (χ0) is 22.6. The van der Waals surface area contributed by atoms with Crippen LogP contribution < -0.4 is 5.32 Å². The van der Waals surface area contributed by atoms with Crippen LogP contribution in [-0.4, -0.2) is 63.3 Å². The first-order valence-electron chi connectivity index (χ1n) is 9.88. The number of methoxy groups -OCH3 is 1. The third-order valence-corrected chi connectivity index (χ3v) is 7.01. The Bertz CT molecular complexity index is 990. The number of esters is 1. The van der Waals surface area contributed by atoms with Gasteiger partial charge in [0.2, 0.25) is 5.91 Å². The van der Waals surface area contributed by atoms with E-state index in [4.69, 9.17) is 23.1 Å². The van der Waals surface area contributed by atoms with Gasteiger partial charge in [-0.25, -0.2) is 4.79 Å². The van der Waals surface area contributed by atoms with Crippen molar-refractivity contribution in [2.75, 3.05) is 7.11 Å². The smallest absolute Gasteiger partial charge is 0.334 e. The topological polar surface area (TPSA) is 126 Å². The van der Waals surface area contributed by atoms with E-state index in [-0.39, 0.29) is 23.6 Å². The lowest BCUT2D eigenvalue weighted by Crippen LogP contribution is -2.62. The van der Waals surface area contributed by atoms with E-state index in [2.05, 4.69) is 5.32 Å². The molecule has 3 aliphatic rings. The van der Waals surface area contributed by atoms with Gasteiger partial charge in [-0.3, -0.25) is 8.98 Å². The minimum absolute atomic E-state index is 0.0505. The Morgan fingerprint density at radius 1 is 1.19 bits per heavy atom. The summed E-state index contributed by atoms with van der Waals surface area (Å²) >= 11 is 0. The molecule has 170 valence electrons. The molecule has 3 heterocycles. The van der Waals surface area contributed by atoms with E-state index in [9.17, 15) is 18.0 Å².